The summed E-state index contributed by atoms with van der Waals surface area (Å²) in [5.74, 6) is 0.714. The maximum absolute atomic E-state index is 13.6. The van der Waals surface area contributed by atoms with Crippen molar-refractivity contribution in [3.8, 4) is 22.5 Å². The van der Waals surface area contributed by atoms with Crippen LogP contribution in [-0.2, 0) is 27.7 Å². The number of aryl methyl sites for hydroxylation is 4. The zero-order valence-corrected chi connectivity index (χ0v) is 27.6. The average molecular weight is 660 g/mol. The molecular formula is C34H34ClN5O3S2. The molecule has 4 heterocycles. The van der Waals surface area contributed by atoms with E-state index in [4.69, 9.17) is 33.7 Å². The summed E-state index contributed by atoms with van der Waals surface area (Å²) in [6.45, 7) is 6.36. The SMILES string of the molecule is Cc1ccc(C)c(NC(=S)c2c(-c3ccc(Cl)cc3)c3c4n(c(-c5cccc(S(=O)(=O)N6CCOCC6)c5)nn24)CCCC3)c1. The van der Waals surface area contributed by atoms with E-state index in [0.29, 0.717) is 42.1 Å². The molecule has 1 fully saturated rings. The molecule has 11 heteroatoms. The molecule has 0 amide bonds. The van der Waals surface area contributed by atoms with Crippen molar-refractivity contribution in [2.24, 2.45) is 0 Å². The summed E-state index contributed by atoms with van der Waals surface area (Å²) in [7, 11) is -3.67. The Labute approximate surface area is 273 Å². The number of nitrogens with zero attached hydrogens (tertiary/aromatic N) is 4. The van der Waals surface area contributed by atoms with E-state index >= 15 is 0 Å². The van der Waals surface area contributed by atoms with E-state index in [9.17, 15) is 8.42 Å². The Morgan fingerprint density at radius 2 is 1.73 bits per heavy atom. The van der Waals surface area contributed by atoms with Gasteiger partial charge in [0.15, 0.2) is 5.82 Å². The molecule has 2 aliphatic rings. The van der Waals surface area contributed by atoms with Crippen LogP contribution in [0.1, 0.15) is 35.2 Å². The highest BCUT2D eigenvalue weighted by Gasteiger charge is 2.31. The van der Waals surface area contributed by atoms with Crippen molar-refractivity contribution in [1.29, 1.82) is 0 Å². The van der Waals surface area contributed by atoms with Gasteiger partial charge in [0.05, 0.1) is 18.1 Å². The Balaban J connectivity index is 1.41. The highest BCUT2D eigenvalue weighted by Crippen LogP contribution is 2.39. The number of halogens is 1. The summed E-state index contributed by atoms with van der Waals surface area (Å²) in [4.78, 5) is 0.820. The van der Waals surface area contributed by atoms with Crippen LogP contribution in [0.5, 0.6) is 0 Å². The molecule has 3 aromatic carbocycles. The Bertz CT molecular complexity index is 2040. The second kappa shape index (κ2) is 12.0. The van der Waals surface area contributed by atoms with Gasteiger partial charge in [0.25, 0.3) is 0 Å². The van der Waals surface area contributed by atoms with Gasteiger partial charge in [-0.3, -0.25) is 0 Å². The number of sulfonamides is 1. The lowest BCUT2D eigenvalue weighted by Crippen LogP contribution is -2.40. The van der Waals surface area contributed by atoms with E-state index < -0.39 is 10.0 Å². The van der Waals surface area contributed by atoms with E-state index in [1.807, 2.05) is 34.8 Å². The molecule has 232 valence electrons. The molecule has 1 saturated heterocycles. The van der Waals surface area contributed by atoms with Crippen LogP contribution in [0, 0.1) is 13.8 Å². The van der Waals surface area contributed by atoms with E-state index in [1.165, 1.54) is 9.87 Å². The van der Waals surface area contributed by atoms with Crippen LogP contribution in [0.4, 0.5) is 5.69 Å². The number of nitrogens with one attached hydrogen (secondary N) is 1. The molecule has 1 N–H and O–H groups in total. The van der Waals surface area contributed by atoms with Crippen molar-refractivity contribution in [3.63, 3.8) is 0 Å². The number of benzene rings is 3. The lowest BCUT2D eigenvalue weighted by molar-refractivity contribution is 0.0730. The third-order valence-corrected chi connectivity index (χ3v) is 11.1. The minimum atomic E-state index is -3.67. The fraction of sp³-hybridized carbons (Fsp3) is 0.294. The van der Waals surface area contributed by atoms with Crippen LogP contribution in [-0.4, -0.2) is 58.2 Å². The predicted molar refractivity (Wildman–Crippen MR) is 183 cm³/mol. The van der Waals surface area contributed by atoms with Crippen LogP contribution in [0.25, 0.3) is 28.2 Å². The quantitative estimate of drug-likeness (QED) is 0.200. The zero-order valence-electron chi connectivity index (χ0n) is 25.2. The molecule has 0 radical (unpaired) electrons. The summed E-state index contributed by atoms with van der Waals surface area (Å²) >= 11 is 12.5. The fourth-order valence-electron chi connectivity index (χ4n) is 6.37. The Hall–Kier alpha value is -3.54. The van der Waals surface area contributed by atoms with E-state index in [-0.39, 0.29) is 4.90 Å². The summed E-state index contributed by atoms with van der Waals surface area (Å²) in [5.41, 5.74) is 8.94. The van der Waals surface area contributed by atoms with Gasteiger partial charge in [-0.1, -0.05) is 60.2 Å². The molecule has 8 nitrogen and oxygen atoms in total. The van der Waals surface area contributed by atoms with E-state index in [1.54, 1.807) is 18.2 Å². The number of hydrogen-bond donors (Lipinski definition) is 1. The molecule has 0 spiro atoms. The Morgan fingerprint density at radius 3 is 2.51 bits per heavy atom. The Kier molecular flexibility index (Phi) is 8.03. The number of aromatic nitrogens is 3. The van der Waals surface area contributed by atoms with Gasteiger partial charge < -0.3 is 14.6 Å². The predicted octanol–water partition coefficient (Wildman–Crippen LogP) is 6.88. The van der Waals surface area contributed by atoms with Crippen LogP contribution in [0.2, 0.25) is 5.02 Å². The first-order valence-electron chi connectivity index (χ1n) is 15.2. The monoisotopic (exact) mass is 659 g/mol. The lowest BCUT2D eigenvalue weighted by atomic mass is 9.98. The fourth-order valence-corrected chi connectivity index (χ4v) is 8.25. The molecule has 45 heavy (non-hydrogen) atoms. The maximum atomic E-state index is 13.6. The molecule has 0 unspecified atom stereocenters. The summed E-state index contributed by atoms with van der Waals surface area (Å²) in [6.07, 6.45) is 2.84. The maximum Gasteiger partial charge on any atom is 0.243 e. The highest BCUT2D eigenvalue weighted by molar-refractivity contribution is 7.89. The van der Waals surface area contributed by atoms with Crippen LogP contribution in [0.15, 0.2) is 71.6 Å². The van der Waals surface area contributed by atoms with Gasteiger partial charge in [0.2, 0.25) is 10.0 Å². The molecular weight excluding hydrogens is 626 g/mol. The molecule has 0 atom stereocenters. The zero-order chi connectivity index (χ0) is 31.3. The number of hydrogen-bond acceptors (Lipinski definition) is 5. The first kappa shape index (κ1) is 30.1. The van der Waals surface area contributed by atoms with Crippen molar-refractivity contribution in [2.75, 3.05) is 31.6 Å². The van der Waals surface area contributed by atoms with Crippen molar-refractivity contribution >= 4 is 50.2 Å². The second-order valence-corrected chi connectivity index (χ2v) is 14.5. The number of morpholine rings is 1. The van der Waals surface area contributed by atoms with Gasteiger partial charge >= 0.3 is 0 Å². The topological polar surface area (TPSA) is 80.9 Å². The molecule has 5 aromatic rings. The van der Waals surface area contributed by atoms with Gasteiger partial charge in [-0.2, -0.15) is 4.31 Å². The summed E-state index contributed by atoms with van der Waals surface area (Å²) < 4.78 is 38.2. The van der Waals surface area contributed by atoms with Gasteiger partial charge in [0.1, 0.15) is 16.3 Å². The number of rotatable bonds is 6. The second-order valence-electron chi connectivity index (χ2n) is 11.7. The molecule has 0 bridgehead atoms. The Morgan fingerprint density at radius 1 is 0.956 bits per heavy atom. The van der Waals surface area contributed by atoms with E-state index in [0.717, 1.165) is 70.7 Å². The van der Waals surface area contributed by atoms with Gasteiger partial charge in [-0.15, -0.1) is 5.10 Å². The van der Waals surface area contributed by atoms with Crippen molar-refractivity contribution in [2.45, 2.75) is 44.6 Å². The smallest absolute Gasteiger partial charge is 0.243 e. The first-order valence-corrected chi connectivity index (χ1v) is 17.4. The first-order chi connectivity index (χ1) is 21.7. The largest absolute Gasteiger partial charge is 0.379 e. The van der Waals surface area contributed by atoms with Crippen molar-refractivity contribution in [1.82, 2.24) is 18.5 Å². The minimum absolute atomic E-state index is 0.255. The van der Waals surface area contributed by atoms with Gasteiger partial charge in [-0.05, 0) is 80.1 Å². The number of anilines is 1. The highest BCUT2D eigenvalue weighted by atomic mass is 35.5. The summed E-state index contributed by atoms with van der Waals surface area (Å²) in [5, 5.41) is 9.39. The number of thiocarbonyl (C=S) groups is 1. The molecule has 2 aromatic heterocycles. The number of ether oxygens (including phenoxy) is 1. The van der Waals surface area contributed by atoms with Gasteiger partial charge in [0, 0.05) is 47.0 Å². The molecule has 0 saturated carbocycles. The molecule has 0 aliphatic carbocycles. The average Bonchev–Trinajstić information content (AvgIpc) is 3.47. The third kappa shape index (κ3) is 5.48. The molecule has 2 aliphatic heterocycles. The van der Waals surface area contributed by atoms with Crippen molar-refractivity contribution in [3.05, 3.63) is 94.1 Å². The van der Waals surface area contributed by atoms with E-state index in [2.05, 4.69) is 41.9 Å². The lowest BCUT2D eigenvalue weighted by Gasteiger charge is -2.26. The van der Waals surface area contributed by atoms with Crippen molar-refractivity contribution < 1.29 is 13.2 Å². The van der Waals surface area contributed by atoms with Gasteiger partial charge in [-0.25, -0.2) is 12.9 Å². The van der Waals surface area contributed by atoms with Crippen LogP contribution >= 0.6 is 23.8 Å². The minimum Gasteiger partial charge on any atom is -0.379 e. The third-order valence-electron chi connectivity index (χ3n) is 8.67. The van der Waals surface area contributed by atoms with Crippen LogP contribution < -0.4 is 5.32 Å². The molecule has 7 rings (SSSR count). The summed E-state index contributed by atoms with van der Waals surface area (Å²) in [6, 6.07) is 21.3. The standard InChI is InChI=1S/C34H34ClN5O3S2/c1-22-9-10-23(2)29(20-22)36-33(44)31-30(24-11-13-26(35)14-12-24)28-8-3-4-15-39-32(37-40(31)34(28)39)25-6-5-7-27(21-25)45(41,42)38-16-18-43-19-17-38/h5-7,9-14,20-21H,3-4,8,15-19H2,1-2H3,(H,36,44). The van der Waals surface area contributed by atoms with Crippen LogP contribution in [0.3, 0.4) is 0 Å². The normalized spacial score (nSPS) is 15.7.